The summed E-state index contributed by atoms with van der Waals surface area (Å²) in [6, 6.07) is 5.79. The van der Waals surface area contributed by atoms with Gasteiger partial charge in [0, 0.05) is 51.4 Å². The average molecular weight is 446 g/mol. The summed E-state index contributed by atoms with van der Waals surface area (Å²) in [7, 11) is 0. The molecule has 0 spiro atoms. The minimum atomic E-state index is -0.457. The van der Waals surface area contributed by atoms with Gasteiger partial charge in [0.1, 0.15) is 12.4 Å². The van der Waals surface area contributed by atoms with Crippen LogP contribution in [0.2, 0.25) is 0 Å². The van der Waals surface area contributed by atoms with E-state index in [9.17, 15) is 9.90 Å². The summed E-state index contributed by atoms with van der Waals surface area (Å²) in [6.45, 7) is 8.43. The molecule has 1 aromatic carbocycles. The highest BCUT2D eigenvalue weighted by atomic mass is 32.1. The first-order valence-corrected chi connectivity index (χ1v) is 11.8. The van der Waals surface area contributed by atoms with Crippen molar-refractivity contribution in [3.05, 3.63) is 35.0 Å². The Morgan fingerprint density at radius 2 is 2.23 bits per heavy atom. The lowest BCUT2D eigenvalue weighted by Crippen LogP contribution is -2.44. The summed E-state index contributed by atoms with van der Waals surface area (Å²) in [5, 5.41) is 19.1. The molecule has 2 aliphatic rings. The van der Waals surface area contributed by atoms with Crippen LogP contribution >= 0.6 is 11.3 Å². The summed E-state index contributed by atoms with van der Waals surface area (Å²) in [5.74, 6) is 0.700. The number of hydrogen-bond acceptors (Lipinski definition) is 8. The van der Waals surface area contributed by atoms with Gasteiger partial charge in [0.2, 0.25) is 5.91 Å². The van der Waals surface area contributed by atoms with E-state index in [-0.39, 0.29) is 11.9 Å². The maximum absolute atomic E-state index is 12.4. The second-order valence-electron chi connectivity index (χ2n) is 8.10. The minimum absolute atomic E-state index is 0.0919. The summed E-state index contributed by atoms with van der Waals surface area (Å²) in [4.78, 5) is 20.3. The zero-order valence-corrected chi connectivity index (χ0v) is 18.7. The standard InChI is InChI=1S/C22H31N5O3S/c1-15-21(31-14-26-15)16-2-3-17(12-25-22(29)19-11-18(28)13-24-19)20(10-16)30-9-8-27-6-4-23-5-7-27/h2-3,10,14,18-19,23-24,28H,4-9,11-13H2,1H3,(H,25,29). The number of nitrogens with one attached hydrogen (secondary N) is 3. The van der Waals surface area contributed by atoms with E-state index in [4.69, 9.17) is 4.74 Å². The normalized spacial score (nSPS) is 21.9. The van der Waals surface area contributed by atoms with E-state index in [2.05, 4.69) is 38.0 Å². The number of ether oxygens (including phenoxy) is 1. The van der Waals surface area contributed by atoms with E-state index in [1.807, 2.05) is 18.5 Å². The molecular formula is C22H31N5O3S. The molecule has 2 unspecified atom stereocenters. The maximum atomic E-state index is 12.4. The van der Waals surface area contributed by atoms with E-state index < -0.39 is 6.10 Å². The van der Waals surface area contributed by atoms with Crippen LogP contribution in [0, 0.1) is 6.92 Å². The number of rotatable bonds is 8. The fourth-order valence-electron chi connectivity index (χ4n) is 4.00. The lowest BCUT2D eigenvalue weighted by atomic mass is 10.1. The van der Waals surface area contributed by atoms with Crippen LogP contribution in [0.25, 0.3) is 10.4 Å². The summed E-state index contributed by atoms with van der Waals surface area (Å²) < 4.78 is 6.21. The number of carbonyl (C=O) groups is 1. The van der Waals surface area contributed by atoms with Crippen molar-refractivity contribution < 1.29 is 14.6 Å². The lowest BCUT2D eigenvalue weighted by molar-refractivity contribution is -0.123. The number of aliphatic hydroxyl groups excluding tert-OH is 1. The highest BCUT2D eigenvalue weighted by molar-refractivity contribution is 7.13. The number of benzene rings is 1. The third kappa shape index (κ3) is 5.81. The minimum Gasteiger partial charge on any atom is -0.492 e. The van der Waals surface area contributed by atoms with Crippen molar-refractivity contribution in [1.29, 1.82) is 0 Å². The molecule has 4 rings (SSSR count). The molecule has 2 fully saturated rings. The highest BCUT2D eigenvalue weighted by Crippen LogP contribution is 2.32. The molecule has 2 saturated heterocycles. The van der Waals surface area contributed by atoms with Gasteiger partial charge in [0.25, 0.3) is 0 Å². The molecule has 2 aliphatic heterocycles. The van der Waals surface area contributed by atoms with Gasteiger partial charge in [-0.15, -0.1) is 11.3 Å². The molecule has 2 aromatic rings. The van der Waals surface area contributed by atoms with E-state index in [0.717, 1.165) is 60.2 Å². The van der Waals surface area contributed by atoms with Crippen LogP contribution in [-0.4, -0.2) is 78.9 Å². The van der Waals surface area contributed by atoms with Gasteiger partial charge in [-0.05, 0) is 25.0 Å². The maximum Gasteiger partial charge on any atom is 0.237 e. The van der Waals surface area contributed by atoms with Crippen LogP contribution in [0.4, 0.5) is 0 Å². The molecule has 4 N–H and O–H groups in total. The van der Waals surface area contributed by atoms with Gasteiger partial charge < -0.3 is 25.8 Å². The predicted octanol–water partition coefficient (Wildman–Crippen LogP) is 0.742. The van der Waals surface area contributed by atoms with Crippen molar-refractivity contribution in [2.24, 2.45) is 0 Å². The molecule has 31 heavy (non-hydrogen) atoms. The lowest BCUT2D eigenvalue weighted by Gasteiger charge is -2.27. The Hall–Kier alpha value is -2.04. The Bertz CT molecular complexity index is 884. The third-order valence-corrected chi connectivity index (χ3v) is 6.80. The Kier molecular flexibility index (Phi) is 7.52. The highest BCUT2D eigenvalue weighted by Gasteiger charge is 2.27. The predicted molar refractivity (Wildman–Crippen MR) is 121 cm³/mol. The summed E-state index contributed by atoms with van der Waals surface area (Å²) in [6.07, 6.45) is -0.00900. The number of β-amino-alcohol motifs (C(OH)–C–C–N with tert-alkyl or cyclic N) is 1. The molecule has 0 bridgehead atoms. The number of aromatic nitrogens is 1. The monoisotopic (exact) mass is 445 g/mol. The van der Waals surface area contributed by atoms with Crippen LogP contribution in [0.3, 0.4) is 0 Å². The van der Waals surface area contributed by atoms with Gasteiger partial charge in [-0.3, -0.25) is 9.69 Å². The molecule has 1 aromatic heterocycles. The summed E-state index contributed by atoms with van der Waals surface area (Å²) >= 11 is 1.62. The van der Waals surface area contributed by atoms with E-state index in [1.165, 1.54) is 0 Å². The van der Waals surface area contributed by atoms with Crippen LogP contribution in [0.15, 0.2) is 23.7 Å². The Labute approximate surface area is 187 Å². The van der Waals surface area contributed by atoms with Gasteiger partial charge in [-0.1, -0.05) is 12.1 Å². The molecule has 2 atom stereocenters. The zero-order valence-electron chi connectivity index (χ0n) is 17.9. The third-order valence-electron chi connectivity index (χ3n) is 5.83. The number of nitrogens with zero attached hydrogens (tertiary/aromatic N) is 2. The van der Waals surface area contributed by atoms with Crippen molar-refractivity contribution in [2.45, 2.75) is 32.0 Å². The van der Waals surface area contributed by atoms with Crippen molar-refractivity contribution in [3.8, 4) is 16.2 Å². The van der Waals surface area contributed by atoms with Crippen LogP contribution < -0.4 is 20.7 Å². The van der Waals surface area contributed by atoms with E-state index in [0.29, 0.717) is 26.1 Å². The van der Waals surface area contributed by atoms with Gasteiger partial charge in [0.15, 0.2) is 0 Å². The second kappa shape index (κ2) is 10.5. The number of aryl methyl sites for hydroxylation is 1. The Morgan fingerprint density at radius 3 is 2.94 bits per heavy atom. The molecule has 8 nitrogen and oxygen atoms in total. The Morgan fingerprint density at radius 1 is 1.39 bits per heavy atom. The Balaban J connectivity index is 1.43. The zero-order chi connectivity index (χ0) is 21.6. The topological polar surface area (TPSA) is 98.8 Å². The molecule has 0 saturated carbocycles. The molecule has 0 radical (unpaired) electrons. The first-order chi connectivity index (χ1) is 15.1. The first-order valence-electron chi connectivity index (χ1n) is 10.9. The van der Waals surface area contributed by atoms with Crippen molar-refractivity contribution in [3.63, 3.8) is 0 Å². The fraction of sp³-hybridized carbons (Fsp3) is 0.545. The number of hydrogen-bond donors (Lipinski definition) is 4. The first kappa shape index (κ1) is 22.2. The smallest absolute Gasteiger partial charge is 0.237 e. The van der Waals surface area contributed by atoms with Crippen molar-refractivity contribution in [1.82, 2.24) is 25.8 Å². The van der Waals surface area contributed by atoms with Crippen molar-refractivity contribution >= 4 is 17.2 Å². The second-order valence-corrected chi connectivity index (χ2v) is 8.95. The van der Waals surface area contributed by atoms with Gasteiger partial charge in [0.05, 0.1) is 28.2 Å². The SMILES string of the molecule is Cc1ncsc1-c1ccc(CNC(=O)C2CC(O)CN2)c(OCCN2CCNCC2)c1. The number of aliphatic hydroxyl groups is 1. The van der Waals surface area contributed by atoms with Gasteiger partial charge in [-0.25, -0.2) is 4.98 Å². The molecule has 1 amide bonds. The quantitative estimate of drug-likeness (QED) is 0.476. The molecule has 0 aliphatic carbocycles. The molecule has 168 valence electrons. The number of carbonyl (C=O) groups excluding carboxylic acids is 1. The molecule has 9 heteroatoms. The van der Waals surface area contributed by atoms with Crippen molar-refractivity contribution in [2.75, 3.05) is 45.9 Å². The molecular weight excluding hydrogens is 414 g/mol. The number of amides is 1. The van der Waals surface area contributed by atoms with E-state index in [1.54, 1.807) is 11.3 Å². The van der Waals surface area contributed by atoms with E-state index >= 15 is 0 Å². The summed E-state index contributed by atoms with van der Waals surface area (Å²) in [5.41, 5.74) is 4.88. The number of thiazole rings is 1. The van der Waals surface area contributed by atoms with Crippen LogP contribution in [0.1, 0.15) is 17.7 Å². The van der Waals surface area contributed by atoms with Crippen LogP contribution in [0.5, 0.6) is 5.75 Å². The van der Waals surface area contributed by atoms with Crippen LogP contribution in [-0.2, 0) is 11.3 Å². The largest absolute Gasteiger partial charge is 0.492 e. The van der Waals surface area contributed by atoms with Gasteiger partial charge in [-0.2, -0.15) is 0 Å². The average Bonchev–Trinajstić information content (AvgIpc) is 3.41. The molecule has 3 heterocycles. The van der Waals surface area contributed by atoms with Gasteiger partial charge >= 0.3 is 0 Å². The fourth-order valence-corrected chi connectivity index (χ4v) is 4.80. The number of piperazine rings is 1.